The van der Waals surface area contributed by atoms with E-state index in [1.165, 1.54) is 25.1 Å². The van der Waals surface area contributed by atoms with Gasteiger partial charge in [0.25, 0.3) is 0 Å². The topological polar surface area (TPSA) is 53.4 Å². The third-order valence-electron chi connectivity index (χ3n) is 3.78. The Balaban J connectivity index is 0.000000387. The van der Waals surface area contributed by atoms with Crippen molar-refractivity contribution in [3.63, 3.8) is 0 Å². The van der Waals surface area contributed by atoms with E-state index >= 15 is 0 Å². The maximum absolute atomic E-state index is 12.8. The molecule has 0 aliphatic rings. The second kappa shape index (κ2) is 9.60. The number of carbonyl (C=O) groups is 1. The number of aryl methyl sites for hydroxylation is 1. The molecule has 2 rings (SSSR count). The van der Waals surface area contributed by atoms with Crippen molar-refractivity contribution >= 4 is 28.5 Å². The number of rotatable bonds is 4. The van der Waals surface area contributed by atoms with E-state index in [2.05, 4.69) is 36.0 Å². The number of fused-ring (bicyclic) bond motifs is 1. The Labute approximate surface area is 161 Å². The average Bonchev–Trinajstić information content (AvgIpc) is 2.58. The predicted molar refractivity (Wildman–Crippen MR) is 101 cm³/mol. The van der Waals surface area contributed by atoms with Crippen LogP contribution in [0.5, 0.6) is 0 Å². The maximum atomic E-state index is 12.8. The Kier molecular flexibility index (Phi) is 8.09. The molecular weight excluding hydrogens is 381 g/mol. The Morgan fingerprint density at radius 2 is 1.89 bits per heavy atom. The molecule has 0 aliphatic carbocycles. The van der Waals surface area contributed by atoms with E-state index in [9.17, 15) is 18.0 Å². The van der Waals surface area contributed by atoms with Crippen LogP contribution in [0.2, 0.25) is 5.02 Å². The average molecular weight is 403 g/mol. The number of pyridine rings is 1. The number of carboxylic acid groups (broad SMARTS) is 1. The minimum atomic E-state index is -4.64. The zero-order valence-electron chi connectivity index (χ0n) is 15.6. The number of aromatic carboxylic acids is 1. The highest BCUT2D eigenvalue weighted by molar-refractivity contribution is 6.35. The van der Waals surface area contributed by atoms with Crippen molar-refractivity contribution in [1.82, 2.24) is 9.88 Å². The fraction of sp³-hybridized carbons (Fsp3) is 0.368. The lowest BCUT2D eigenvalue weighted by Crippen LogP contribution is -2.14. The Bertz CT molecular complexity index is 832. The van der Waals surface area contributed by atoms with Crippen LogP contribution in [-0.2, 0) is 6.18 Å². The summed E-state index contributed by atoms with van der Waals surface area (Å²) in [5.74, 6) is -1.42. The van der Waals surface area contributed by atoms with Crippen molar-refractivity contribution in [2.24, 2.45) is 0 Å². The van der Waals surface area contributed by atoms with Gasteiger partial charge >= 0.3 is 12.1 Å². The van der Waals surface area contributed by atoms with Crippen molar-refractivity contribution in [2.75, 3.05) is 13.1 Å². The molecule has 0 aliphatic heterocycles. The van der Waals surface area contributed by atoms with Gasteiger partial charge in [-0.05, 0) is 51.6 Å². The lowest BCUT2D eigenvalue weighted by atomic mass is 10.1. The first kappa shape index (κ1) is 22.8. The minimum absolute atomic E-state index is 0.0707. The number of alkyl halides is 3. The summed E-state index contributed by atoms with van der Waals surface area (Å²) in [7, 11) is 0. The van der Waals surface area contributed by atoms with E-state index in [1.807, 2.05) is 6.92 Å². The van der Waals surface area contributed by atoms with Crippen molar-refractivity contribution in [1.29, 1.82) is 0 Å². The first-order chi connectivity index (χ1) is 12.6. The number of carboxylic acids is 1. The molecule has 1 N–H and O–H groups in total. The molecule has 4 nitrogen and oxygen atoms in total. The van der Waals surface area contributed by atoms with Gasteiger partial charge in [-0.3, -0.25) is 0 Å². The summed E-state index contributed by atoms with van der Waals surface area (Å²) < 4.78 is 38.3. The highest BCUT2D eigenvalue weighted by Gasteiger charge is 2.35. The van der Waals surface area contributed by atoms with Crippen molar-refractivity contribution < 1.29 is 23.1 Å². The first-order valence-electron chi connectivity index (χ1n) is 8.33. The van der Waals surface area contributed by atoms with Crippen molar-refractivity contribution in [2.45, 2.75) is 33.9 Å². The predicted octanol–water partition coefficient (Wildman–Crippen LogP) is 5.78. The third-order valence-corrected chi connectivity index (χ3v) is 4.10. The summed E-state index contributed by atoms with van der Waals surface area (Å²) in [5, 5.41) is 9.17. The monoisotopic (exact) mass is 402 g/mol. The molecule has 0 spiro atoms. The first-order valence-corrected chi connectivity index (χ1v) is 8.71. The van der Waals surface area contributed by atoms with Gasteiger partial charge in [0.2, 0.25) is 0 Å². The Morgan fingerprint density at radius 1 is 1.30 bits per heavy atom. The zero-order valence-corrected chi connectivity index (χ0v) is 16.3. The molecule has 1 aromatic heterocycles. The van der Waals surface area contributed by atoms with Gasteiger partial charge in [0.05, 0.1) is 10.5 Å². The number of hydrogen-bond donors (Lipinski definition) is 1. The van der Waals surface area contributed by atoms with Crippen LogP contribution in [0.15, 0.2) is 30.5 Å². The highest BCUT2D eigenvalue weighted by atomic mass is 35.5. The maximum Gasteiger partial charge on any atom is 0.433 e. The molecule has 8 heteroatoms. The van der Waals surface area contributed by atoms with Gasteiger partial charge in [-0.1, -0.05) is 23.7 Å². The van der Waals surface area contributed by atoms with Gasteiger partial charge in [-0.25, -0.2) is 9.78 Å². The molecule has 148 valence electrons. The van der Waals surface area contributed by atoms with E-state index in [-0.39, 0.29) is 16.1 Å². The van der Waals surface area contributed by atoms with Crippen LogP contribution >= 0.6 is 11.6 Å². The minimum Gasteiger partial charge on any atom is -0.478 e. The Morgan fingerprint density at radius 3 is 2.30 bits per heavy atom. The van der Waals surface area contributed by atoms with Crippen LogP contribution in [0.4, 0.5) is 13.2 Å². The number of nitrogens with zero attached hydrogens (tertiary/aromatic N) is 2. The molecular formula is C19H22ClF3N2O2. The van der Waals surface area contributed by atoms with E-state index in [4.69, 9.17) is 16.7 Å². The van der Waals surface area contributed by atoms with Gasteiger partial charge in [0.1, 0.15) is 11.3 Å². The van der Waals surface area contributed by atoms with Crippen LogP contribution in [0.25, 0.3) is 10.9 Å². The molecule has 1 heterocycles. The summed E-state index contributed by atoms with van der Waals surface area (Å²) in [5.41, 5.74) is -1.87. The van der Waals surface area contributed by atoms with E-state index in [0.29, 0.717) is 5.39 Å². The summed E-state index contributed by atoms with van der Waals surface area (Å²) in [6, 6.07) is 4.00. The normalized spacial score (nSPS) is 11.4. The molecule has 0 saturated heterocycles. The van der Waals surface area contributed by atoms with Gasteiger partial charge in [-0.15, -0.1) is 0 Å². The summed E-state index contributed by atoms with van der Waals surface area (Å²) in [6.07, 6.45) is -0.469. The third kappa shape index (κ3) is 5.85. The molecule has 0 bridgehead atoms. The standard InChI is InChI=1S/C12H7ClF3NO2.C7H15N/c1-5-4-6-2-3-7(13)8(11(18)19)9(6)17-10(5)12(14,15)16;1-4-7-8(5-2)6-3/h2-4H,1H3,(H,18,19);4,7H,5-6H2,1-3H3/b;7-4-. The van der Waals surface area contributed by atoms with Gasteiger partial charge in [-0.2, -0.15) is 13.2 Å². The molecule has 27 heavy (non-hydrogen) atoms. The molecule has 0 fully saturated rings. The van der Waals surface area contributed by atoms with E-state index in [1.54, 1.807) is 0 Å². The molecule has 2 aromatic rings. The van der Waals surface area contributed by atoms with E-state index in [0.717, 1.165) is 13.1 Å². The molecule has 0 atom stereocenters. The molecule has 1 aromatic carbocycles. The van der Waals surface area contributed by atoms with Gasteiger partial charge in [0.15, 0.2) is 0 Å². The molecule has 0 saturated carbocycles. The lowest BCUT2D eigenvalue weighted by molar-refractivity contribution is -0.141. The van der Waals surface area contributed by atoms with Crippen LogP contribution < -0.4 is 0 Å². The number of allylic oxidation sites excluding steroid dienone is 1. The zero-order chi connectivity index (χ0) is 20.8. The lowest BCUT2D eigenvalue weighted by Gasteiger charge is -2.13. The van der Waals surface area contributed by atoms with Crippen LogP contribution in [0.1, 0.15) is 42.4 Å². The van der Waals surface area contributed by atoms with Crippen LogP contribution in [0.3, 0.4) is 0 Å². The number of aromatic nitrogens is 1. The number of halogens is 4. The second-order valence-corrected chi connectivity index (χ2v) is 6.06. The summed E-state index contributed by atoms with van der Waals surface area (Å²) >= 11 is 5.70. The largest absolute Gasteiger partial charge is 0.478 e. The van der Waals surface area contributed by atoms with Crippen molar-refractivity contribution in [3.8, 4) is 0 Å². The molecule has 0 unspecified atom stereocenters. The van der Waals surface area contributed by atoms with E-state index < -0.39 is 23.4 Å². The smallest absolute Gasteiger partial charge is 0.433 e. The fourth-order valence-corrected chi connectivity index (χ4v) is 2.69. The summed E-state index contributed by atoms with van der Waals surface area (Å²) in [4.78, 5) is 16.8. The number of hydrogen-bond acceptors (Lipinski definition) is 3. The summed E-state index contributed by atoms with van der Waals surface area (Å²) in [6.45, 7) is 9.84. The molecule has 0 radical (unpaired) electrons. The Hall–Kier alpha value is -2.28. The van der Waals surface area contributed by atoms with Gasteiger partial charge in [0, 0.05) is 18.5 Å². The van der Waals surface area contributed by atoms with Crippen molar-refractivity contribution in [3.05, 3.63) is 52.3 Å². The number of benzene rings is 1. The SMILES string of the molecule is C/C=C\N(CC)CC.Cc1cc2ccc(Cl)c(C(=O)O)c2nc1C(F)(F)F. The van der Waals surface area contributed by atoms with Crippen LogP contribution in [0, 0.1) is 6.92 Å². The second-order valence-electron chi connectivity index (χ2n) is 5.65. The van der Waals surface area contributed by atoms with Crippen LogP contribution in [-0.4, -0.2) is 34.0 Å². The van der Waals surface area contributed by atoms with Gasteiger partial charge < -0.3 is 10.0 Å². The fourth-order valence-electron chi connectivity index (χ4n) is 2.46. The molecule has 0 amide bonds. The quantitative estimate of drug-likeness (QED) is 0.704. The highest BCUT2D eigenvalue weighted by Crippen LogP contribution is 2.34.